The van der Waals surface area contributed by atoms with E-state index >= 15 is 0 Å². The Kier molecular flexibility index (Phi) is 4.68. The van der Waals surface area contributed by atoms with Gasteiger partial charge in [-0.25, -0.2) is 12.8 Å². The van der Waals surface area contributed by atoms with Gasteiger partial charge in [0.05, 0.1) is 23.3 Å². The molecule has 128 valence electrons. The minimum Gasteiger partial charge on any atom is -0.467 e. The zero-order valence-electron chi connectivity index (χ0n) is 12.9. The highest BCUT2D eigenvalue weighted by atomic mass is 32.2. The second-order valence-electron chi connectivity index (χ2n) is 5.51. The van der Waals surface area contributed by atoms with Crippen LogP contribution in [0.3, 0.4) is 0 Å². The lowest BCUT2D eigenvalue weighted by Crippen LogP contribution is -2.29. The lowest BCUT2D eigenvalue weighted by Gasteiger charge is -2.16. The number of hydrogen-bond donors (Lipinski definition) is 1. The van der Waals surface area contributed by atoms with Gasteiger partial charge in [0.2, 0.25) is 10.0 Å². The van der Waals surface area contributed by atoms with E-state index in [9.17, 15) is 17.6 Å². The van der Waals surface area contributed by atoms with Gasteiger partial charge in [0.15, 0.2) is 0 Å². The summed E-state index contributed by atoms with van der Waals surface area (Å²) in [6, 6.07) is 6.62. The van der Waals surface area contributed by atoms with Crippen molar-refractivity contribution in [2.24, 2.45) is 0 Å². The molecular weight excluding hydrogens is 335 g/mol. The first kappa shape index (κ1) is 16.7. The minimum atomic E-state index is -3.70. The molecule has 6 nitrogen and oxygen atoms in total. The second kappa shape index (κ2) is 6.74. The molecule has 2 aromatic rings. The molecule has 1 aliphatic rings. The predicted octanol–water partition coefficient (Wildman–Crippen LogP) is 2.13. The van der Waals surface area contributed by atoms with Crippen molar-refractivity contribution in [3.63, 3.8) is 0 Å². The summed E-state index contributed by atoms with van der Waals surface area (Å²) >= 11 is 0. The number of nitrogens with zero attached hydrogens (tertiary/aromatic N) is 1. The van der Waals surface area contributed by atoms with Gasteiger partial charge >= 0.3 is 0 Å². The van der Waals surface area contributed by atoms with E-state index < -0.39 is 21.7 Å². The molecule has 2 heterocycles. The Balaban J connectivity index is 1.82. The average molecular weight is 352 g/mol. The van der Waals surface area contributed by atoms with Gasteiger partial charge in [0.25, 0.3) is 5.91 Å². The van der Waals surface area contributed by atoms with Crippen molar-refractivity contribution in [2.45, 2.75) is 24.3 Å². The van der Waals surface area contributed by atoms with E-state index in [1.807, 2.05) is 0 Å². The molecule has 0 aliphatic carbocycles. The van der Waals surface area contributed by atoms with Gasteiger partial charge in [-0.1, -0.05) is 0 Å². The molecule has 1 N–H and O–H groups in total. The SMILES string of the molecule is O=C(NCc1ccco1)c1cc(S(=O)(=O)N2CCCC2)ccc1F. The highest BCUT2D eigenvalue weighted by Gasteiger charge is 2.28. The fraction of sp³-hybridized carbons (Fsp3) is 0.312. The molecule has 0 saturated carbocycles. The number of hydrogen-bond acceptors (Lipinski definition) is 4. The third kappa shape index (κ3) is 3.34. The summed E-state index contributed by atoms with van der Waals surface area (Å²) in [5, 5.41) is 2.51. The monoisotopic (exact) mass is 352 g/mol. The molecular formula is C16H17FN2O4S. The van der Waals surface area contributed by atoms with Gasteiger partial charge in [0, 0.05) is 13.1 Å². The van der Waals surface area contributed by atoms with Crippen LogP contribution in [0.1, 0.15) is 29.0 Å². The van der Waals surface area contributed by atoms with Gasteiger partial charge in [0.1, 0.15) is 11.6 Å². The molecule has 24 heavy (non-hydrogen) atoms. The van der Waals surface area contributed by atoms with E-state index in [2.05, 4.69) is 5.32 Å². The maximum atomic E-state index is 14.0. The van der Waals surface area contributed by atoms with Crippen LogP contribution in [0.15, 0.2) is 45.9 Å². The molecule has 1 aromatic carbocycles. The third-order valence-electron chi connectivity index (χ3n) is 3.89. The van der Waals surface area contributed by atoms with Crippen LogP contribution in [0.4, 0.5) is 4.39 Å². The third-order valence-corrected chi connectivity index (χ3v) is 5.78. The summed E-state index contributed by atoms with van der Waals surface area (Å²) in [6.45, 7) is 0.980. The lowest BCUT2D eigenvalue weighted by atomic mass is 10.2. The van der Waals surface area contributed by atoms with E-state index in [1.54, 1.807) is 12.1 Å². The van der Waals surface area contributed by atoms with Crippen LogP contribution in [-0.4, -0.2) is 31.7 Å². The standard InChI is InChI=1S/C16H17FN2O4S/c17-15-6-5-13(24(21,22)19-7-1-2-8-19)10-14(15)16(20)18-11-12-4-3-9-23-12/h3-6,9-10H,1-2,7-8,11H2,(H,18,20). The van der Waals surface area contributed by atoms with Crippen molar-refractivity contribution < 1.29 is 22.0 Å². The highest BCUT2D eigenvalue weighted by molar-refractivity contribution is 7.89. The molecule has 8 heteroatoms. The van der Waals surface area contributed by atoms with Crippen molar-refractivity contribution in [3.8, 4) is 0 Å². The Morgan fingerprint density at radius 3 is 2.67 bits per heavy atom. The van der Waals surface area contributed by atoms with Gasteiger partial charge < -0.3 is 9.73 Å². The van der Waals surface area contributed by atoms with Crippen LogP contribution in [-0.2, 0) is 16.6 Å². The fourth-order valence-corrected chi connectivity index (χ4v) is 4.14. The van der Waals surface area contributed by atoms with Gasteiger partial charge in [-0.05, 0) is 43.2 Å². The quantitative estimate of drug-likeness (QED) is 0.894. The summed E-state index contributed by atoms with van der Waals surface area (Å²) in [6.07, 6.45) is 3.07. The zero-order valence-corrected chi connectivity index (χ0v) is 13.7. The van der Waals surface area contributed by atoms with E-state index in [4.69, 9.17) is 4.42 Å². The molecule has 0 atom stereocenters. The van der Waals surface area contributed by atoms with Crippen molar-refractivity contribution in [1.29, 1.82) is 0 Å². The Labute approximate surface area is 139 Å². The second-order valence-corrected chi connectivity index (χ2v) is 7.45. The lowest BCUT2D eigenvalue weighted by molar-refractivity contribution is 0.0943. The van der Waals surface area contributed by atoms with E-state index in [-0.39, 0.29) is 17.0 Å². The van der Waals surface area contributed by atoms with Gasteiger partial charge in [-0.2, -0.15) is 4.31 Å². The number of nitrogens with one attached hydrogen (secondary N) is 1. The smallest absolute Gasteiger partial charge is 0.254 e. The number of furan rings is 1. The highest BCUT2D eigenvalue weighted by Crippen LogP contribution is 2.22. The normalized spacial score (nSPS) is 15.5. The number of rotatable bonds is 5. The number of benzene rings is 1. The van der Waals surface area contributed by atoms with Gasteiger partial charge in [-0.3, -0.25) is 4.79 Å². The van der Waals surface area contributed by atoms with Crippen LogP contribution in [0.25, 0.3) is 0 Å². The topological polar surface area (TPSA) is 79.6 Å². The van der Waals surface area contributed by atoms with Crippen molar-refractivity contribution >= 4 is 15.9 Å². The van der Waals surface area contributed by atoms with Crippen molar-refractivity contribution in [2.75, 3.05) is 13.1 Å². The number of amides is 1. The Bertz CT molecular complexity index is 828. The molecule has 1 aromatic heterocycles. The van der Waals surface area contributed by atoms with Crippen LogP contribution >= 0.6 is 0 Å². The van der Waals surface area contributed by atoms with E-state index in [0.717, 1.165) is 25.0 Å². The van der Waals surface area contributed by atoms with Crippen LogP contribution < -0.4 is 5.32 Å². The summed E-state index contributed by atoms with van der Waals surface area (Å²) in [4.78, 5) is 12.1. The summed E-state index contributed by atoms with van der Waals surface area (Å²) in [5.74, 6) is -0.945. The van der Waals surface area contributed by atoms with E-state index in [1.165, 1.54) is 16.6 Å². The molecule has 1 aliphatic heterocycles. The van der Waals surface area contributed by atoms with E-state index in [0.29, 0.717) is 18.8 Å². The Morgan fingerprint density at radius 2 is 2.00 bits per heavy atom. The van der Waals surface area contributed by atoms with Crippen LogP contribution in [0.2, 0.25) is 0 Å². The minimum absolute atomic E-state index is 0.0750. The molecule has 3 rings (SSSR count). The average Bonchev–Trinajstić information content (AvgIpc) is 3.26. The Hall–Kier alpha value is -2.19. The number of carbonyl (C=O) groups is 1. The largest absolute Gasteiger partial charge is 0.467 e. The first-order chi connectivity index (χ1) is 11.5. The van der Waals surface area contributed by atoms with Crippen molar-refractivity contribution in [3.05, 3.63) is 53.7 Å². The van der Waals surface area contributed by atoms with Crippen LogP contribution in [0.5, 0.6) is 0 Å². The molecule has 1 saturated heterocycles. The maximum Gasteiger partial charge on any atom is 0.254 e. The number of sulfonamides is 1. The molecule has 1 amide bonds. The van der Waals surface area contributed by atoms with Crippen molar-refractivity contribution in [1.82, 2.24) is 9.62 Å². The first-order valence-electron chi connectivity index (χ1n) is 7.59. The molecule has 0 radical (unpaired) electrons. The molecule has 0 unspecified atom stereocenters. The number of carbonyl (C=O) groups excluding carboxylic acids is 1. The van der Waals surface area contributed by atoms with Crippen LogP contribution in [0, 0.1) is 5.82 Å². The first-order valence-corrected chi connectivity index (χ1v) is 9.03. The molecule has 1 fully saturated rings. The number of halogens is 1. The summed E-state index contributed by atoms with van der Waals surface area (Å²) < 4.78 is 45.4. The zero-order chi connectivity index (χ0) is 17.2. The Morgan fingerprint density at radius 1 is 1.25 bits per heavy atom. The summed E-state index contributed by atoms with van der Waals surface area (Å²) in [5.41, 5.74) is -0.304. The summed E-state index contributed by atoms with van der Waals surface area (Å²) in [7, 11) is -3.70. The maximum absolute atomic E-state index is 14.0. The predicted molar refractivity (Wildman–Crippen MR) is 84.3 cm³/mol. The van der Waals surface area contributed by atoms with Gasteiger partial charge in [-0.15, -0.1) is 0 Å². The molecule has 0 bridgehead atoms. The molecule has 0 spiro atoms. The fourth-order valence-electron chi connectivity index (χ4n) is 2.59.